The lowest BCUT2D eigenvalue weighted by atomic mass is 10.0. The fourth-order valence-corrected chi connectivity index (χ4v) is 6.32. The van der Waals surface area contributed by atoms with Gasteiger partial charge in [0, 0.05) is 5.33 Å². The van der Waals surface area contributed by atoms with E-state index in [0.29, 0.717) is 0 Å². The van der Waals surface area contributed by atoms with E-state index in [1.165, 1.54) is 32.6 Å². The summed E-state index contributed by atoms with van der Waals surface area (Å²) in [7, 11) is -0.584. The normalized spacial score (nSPS) is 10.6. The van der Waals surface area contributed by atoms with Crippen molar-refractivity contribution in [3.8, 4) is 0 Å². The summed E-state index contributed by atoms with van der Waals surface area (Å²) in [6.45, 7) is 0. The van der Waals surface area contributed by atoms with Crippen LogP contribution < -0.4 is 15.9 Å². The van der Waals surface area contributed by atoms with Crippen molar-refractivity contribution in [2.24, 2.45) is 0 Å². The molecule has 146 valence electrons. The highest BCUT2D eigenvalue weighted by atomic mass is 79.9. The van der Waals surface area contributed by atoms with Crippen LogP contribution in [-0.2, 0) is 11.8 Å². The van der Waals surface area contributed by atoms with Crippen molar-refractivity contribution in [3.63, 3.8) is 0 Å². The Balaban J connectivity index is 0.00000240. The van der Waals surface area contributed by atoms with Gasteiger partial charge in [-0.2, -0.15) is 0 Å². The van der Waals surface area contributed by atoms with Crippen molar-refractivity contribution in [3.05, 3.63) is 126 Å². The van der Waals surface area contributed by atoms with Crippen molar-refractivity contribution in [1.29, 1.82) is 0 Å². The van der Waals surface area contributed by atoms with Crippen LogP contribution in [0.15, 0.2) is 109 Å². The quantitative estimate of drug-likeness (QED) is 0.199. The third kappa shape index (κ3) is 5.45. The molecule has 0 amide bonds. The Morgan fingerprint density at radius 1 is 0.586 bits per heavy atom. The highest BCUT2D eigenvalue weighted by Gasteiger charge is 2.19. The van der Waals surface area contributed by atoms with Crippen molar-refractivity contribution < 1.29 is 0 Å². The van der Waals surface area contributed by atoms with E-state index in [9.17, 15) is 0 Å². The molecule has 4 rings (SSSR count). The van der Waals surface area contributed by atoms with Crippen molar-refractivity contribution in [2.45, 2.75) is 11.8 Å². The van der Waals surface area contributed by atoms with Crippen LogP contribution in [0.5, 0.6) is 0 Å². The van der Waals surface area contributed by atoms with E-state index in [2.05, 4.69) is 125 Å². The maximum atomic E-state index is 3.58. The number of halogens is 2. The van der Waals surface area contributed by atoms with Crippen LogP contribution in [0.4, 0.5) is 0 Å². The molecule has 4 aromatic carbocycles. The van der Waals surface area contributed by atoms with E-state index in [0.717, 1.165) is 11.8 Å². The van der Waals surface area contributed by atoms with E-state index in [1.54, 1.807) is 0 Å². The maximum Gasteiger partial charge on any atom is 0.0283 e. The molecule has 4 aromatic rings. The van der Waals surface area contributed by atoms with Gasteiger partial charge in [0.05, 0.1) is 0 Å². The van der Waals surface area contributed by atoms with Gasteiger partial charge in [-0.15, -0.1) is 17.0 Å². The minimum Gasteiger partial charge on any atom is -0.114 e. The Hall–Kier alpha value is -1.73. The van der Waals surface area contributed by atoms with E-state index in [-0.39, 0.29) is 17.0 Å². The third-order valence-corrected chi connectivity index (χ3v) is 8.00. The Morgan fingerprint density at radius 3 is 1.76 bits per heavy atom. The van der Waals surface area contributed by atoms with Crippen LogP contribution in [0.3, 0.4) is 0 Å². The number of alkyl halides is 1. The Bertz CT molecular complexity index is 993. The molecule has 0 fully saturated rings. The van der Waals surface area contributed by atoms with Crippen LogP contribution in [0.25, 0.3) is 0 Å². The molecule has 0 heterocycles. The Labute approximate surface area is 193 Å². The van der Waals surface area contributed by atoms with E-state index >= 15 is 0 Å². The summed E-state index contributed by atoms with van der Waals surface area (Å²) in [4.78, 5) is 0. The van der Waals surface area contributed by atoms with Gasteiger partial charge in [0.2, 0.25) is 0 Å². The largest absolute Gasteiger partial charge is 0.114 e. The molecule has 0 radical (unpaired) electrons. The van der Waals surface area contributed by atoms with Crippen molar-refractivity contribution in [2.75, 3.05) is 0 Å². The summed E-state index contributed by atoms with van der Waals surface area (Å²) in [6, 6.07) is 39.7. The average molecular weight is 526 g/mol. The van der Waals surface area contributed by atoms with Gasteiger partial charge in [0.15, 0.2) is 0 Å². The molecule has 0 saturated carbocycles. The van der Waals surface area contributed by atoms with Crippen LogP contribution in [0.1, 0.15) is 16.7 Å². The number of rotatable bonds is 6. The predicted molar refractivity (Wildman–Crippen MR) is 137 cm³/mol. The summed E-state index contributed by atoms with van der Waals surface area (Å²) in [5.41, 5.74) is 4.09. The van der Waals surface area contributed by atoms with Crippen LogP contribution in [0, 0.1) is 0 Å². The molecule has 0 bridgehead atoms. The van der Waals surface area contributed by atoms with Crippen LogP contribution in [-0.4, -0.2) is 0 Å². The molecule has 0 saturated heterocycles. The summed E-state index contributed by atoms with van der Waals surface area (Å²) in [6.07, 6.45) is 0.954. The van der Waals surface area contributed by atoms with Crippen LogP contribution >= 0.6 is 40.8 Å². The fourth-order valence-electron chi connectivity index (χ4n) is 3.50. The van der Waals surface area contributed by atoms with Gasteiger partial charge in [-0.3, -0.25) is 0 Å². The molecule has 3 heteroatoms. The topological polar surface area (TPSA) is 0 Å². The molecule has 0 N–H and O–H groups in total. The maximum absolute atomic E-state index is 3.58. The zero-order valence-electron chi connectivity index (χ0n) is 16.0. The molecule has 0 aliphatic carbocycles. The molecule has 0 aromatic heterocycles. The minimum absolute atomic E-state index is 0. The second-order valence-corrected chi connectivity index (χ2v) is 9.51. The smallest absolute Gasteiger partial charge is 0.0283 e. The van der Waals surface area contributed by atoms with E-state index in [4.69, 9.17) is 0 Å². The standard InChI is InChI=1S/C26H22BrP.BrH/c27-20-22-11-9-10-21(18-22)19-23-12-7-8-17-26(23)28(24-13-3-1-4-14-24)25-15-5-2-6-16-25;/h1-18H,19-20H2;1H. The SMILES string of the molecule is Br.BrCc1cccc(Cc2ccccc2P(c2ccccc2)c2ccccc2)c1. The number of hydrogen-bond acceptors (Lipinski definition) is 0. The van der Waals surface area contributed by atoms with E-state index in [1.807, 2.05) is 0 Å². The lowest BCUT2D eigenvalue weighted by Gasteiger charge is -2.22. The first-order valence-electron chi connectivity index (χ1n) is 9.47. The molecule has 0 aliphatic rings. The molecule has 0 nitrogen and oxygen atoms in total. The van der Waals surface area contributed by atoms with Gasteiger partial charge in [0.25, 0.3) is 0 Å². The first-order chi connectivity index (χ1) is 13.8. The number of benzene rings is 4. The summed E-state index contributed by atoms with van der Waals surface area (Å²) < 4.78 is 0. The highest BCUT2D eigenvalue weighted by Crippen LogP contribution is 2.34. The number of hydrogen-bond donors (Lipinski definition) is 0. The predicted octanol–water partition coefficient (Wildman–Crippen LogP) is 6.51. The summed E-state index contributed by atoms with van der Waals surface area (Å²) >= 11 is 3.58. The van der Waals surface area contributed by atoms with Crippen molar-refractivity contribution >= 4 is 56.7 Å². The Morgan fingerprint density at radius 2 is 1.14 bits per heavy atom. The lowest BCUT2D eigenvalue weighted by molar-refractivity contribution is 1.19. The lowest BCUT2D eigenvalue weighted by Crippen LogP contribution is -2.23. The van der Waals surface area contributed by atoms with Gasteiger partial charge >= 0.3 is 0 Å². The summed E-state index contributed by atoms with van der Waals surface area (Å²) in [5, 5.41) is 5.12. The Kier molecular flexibility index (Phi) is 8.24. The first kappa shape index (κ1) is 22.0. The molecular weight excluding hydrogens is 503 g/mol. The molecule has 0 aliphatic heterocycles. The third-order valence-electron chi connectivity index (χ3n) is 4.80. The zero-order valence-corrected chi connectivity index (χ0v) is 20.2. The van der Waals surface area contributed by atoms with Crippen molar-refractivity contribution in [1.82, 2.24) is 0 Å². The second kappa shape index (κ2) is 10.9. The molecule has 0 unspecified atom stereocenters. The monoisotopic (exact) mass is 524 g/mol. The van der Waals surface area contributed by atoms with Gasteiger partial charge in [-0.05, 0) is 46.9 Å². The molecule has 0 spiro atoms. The molecule has 29 heavy (non-hydrogen) atoms. The van der Waals surface area contributed by atoms with Crippen LogP contribution in [0.2, 0.25) is 0 Å². The average Bonchev–Trinajstić information content (AvgIpc) is 2.77. The van der Waals surface area contributed by atoms with Gasteiger partial charge in [-0.1, -0.05) is 125 Å². The van der Waals surface area contributed by atoms with Gasteiger partial charge < -0.3 is 0 Å². The van der Waals surface area contributed by atoms with Gasteiger partial charge in [-0.25, -0.2) is 0 Å². The second-order valence-electron chi connectivity index (χ2n) is 6.77. The molecular formula is C26H23Br2P. The first-order valence-corrected chi connectivity index (χ1v) is 11.9. The summed E-state index contributed by atoms with van der Waals surface area (Å²) in [5.74, 6) is 0. The zero-order chi connectivity index (χ0) is 19.2. The molecule has 0 atom stereocenters. The van der Waals surface area contributed by atoms with E-state index < -0.39 is 7.92 Å². The minimum atomic E-state index is -0.584. The fraction of sp³-hybridized carbons (Fsp3) is 0.0769. The van der Waals surface area contributed by atoms with Gasteiger partial charge in [0.1, 0.15) is 0 Å². The highest BCUT2D eigenvalue weighted by molar-refractivity contribution is 9.08.